The van der Waals surface area contributed by atoms with Crippen molar-refractivity contribution in [2.45, 2.75) is 74.2 Å². The van der Waals surface area contributed by atoms with Crippen molar-refractivity contribution in [2.24, 2.45) is 0 Å². The molecular formula is C30H36BrO2P. The molecule has 0 fully saturated rings. The van der Waals surface area contributed by atoms with Gasteiger partial charge in [-0.1, -0.05) is 165 Å². The third-order valence-corrected chi connectivity index (χ3v) is 10.1. The lowest BCUT2D eigenvalue weighted by atomic mass is 9.66. The molecule has 0 radical (unpaired) electrons. The van der Waals surface area contributed by atoms with Crippen molar-refractivity contribution in [1.82, 2.24) is 0 Å². The average molecular weight is 539 g/mol. The highest BCUT2D eigenvalue weighted by Gasteiger charge is 2.57. The van der Waals surface area contributed by atoms with Crippen molar-refractivity contribution in [3.8, 4) is 0 Å². The van der Waals surface area contributed by atoms with Crippen LogP contribution in [0.25, 0.3) is 0 Å². The van der Waals surface area contributed by atoms with E-state index in [1.54, 1.807) is 0 Å². The van der Waals surface area contributed by atoms with E-state index in [4.69, 9.17) is 0 Å². The van der Waals surface area contributed by atoms with E-state index in [0.717, 1.165) is 36.0 Å². The van der Waals surface area contributed by atoms with E-state index in [0.29, 0.717) is 0 Å². The summed E-state index contributed by atoms with van der Waals surface area (Å²) in [4.78, 5) is 0. The maximum Gasteiger partial charge on any atom is 0.338 e. The van der Waals surface area contributed by atoms with Crippen molar-refractivity contribution >= 4 is 23.6 Å². The molecule has 3 aromatic carbocycles. The summed E-state index contributed by atoms with van der Waals surface area (Å²) in [6.45, 7) is 2.24. The molecule has 0 saturated heterocycles. The Bertz CT molecular complexity index is 1000. The molecule has 1 atom stereocenters. The van der Waals surface area contributed by atoms with Gasteiger partial charge in [0.2, 0.25) is 0 Å². The number of alkyl halides is 1. The molecule has 180 valence electrons. The van der Waals surface area contributed by atoms with Crippen LogP contribution < -0.4 is 0 Å². The van der Waals surface area contributed by atoms with Crippen molar-refractivity contribution in [3.63, 3.8) is 0 Å². The van der Waals surface area contributed by atoms with E-state index in [-0.39, 0.29) is 0 Å². The second-order valence-corrected chi connectivity index (χ2v) is 12.1. The molecular weight excluding hydrogens is 503 g/mol. The summed E-state index contributed by atoms with van der Waals surface area (Å²) in [7, 11) is -2.88. The molecule has 0 aromatic heterocycles. The van der Waals surface area contributed by atoms with Gasteiger partial charge in [0, 0.05) is 0 Å². The fraction of sp³-hybridized carbons (Fsp3) is 0.400. The summed E-state index contributed by atoms with van der Waals surface area (Å²) in [5.74, 6) is 0. The zero-order valence-electron chi connectivity index (χ0n) is 20.2. The number of rotatable bonds is 14. The predicted octanol–water partition coefficient (Wildman–Crippen LogP) is 9.92. The fourth-order valence-electron chi connectivity index (χ4n) is 5.14. The smallest absolute Gasteiger partial charge is 0.235 e. The van der Waals surface area contributed by atoms with E-state index in [1.807, 2.05) is 66.7 Å². The zero-order valence-corrected chi connectivity index (χ0v) is 22.6. The van der Waals surface area contributed by atoms with Crippen LogP contribution in [0.4, 0.5) is 0 Å². The Balaban J connectivity index is 2.06. The van der Waals surface area contributed by atoms with Crippen LogP contribution in [0.15, 0.2) is 91.0 Å². The Morgan fingerprint density at radius 1 is 0.588 bits per heavy atom. The molecule has 0 bridgehead atoms. The van der Waals surface area contributed by atoms with Crippen LogP contribution >= 0.6 is 23.6 Å². The molecule has 3 rings (SSSR count). The lowest BCUT2D eigenvalue weighted by Crippen LogP contribution is -2.43. The molecule has 0 spiro atoms. The first kappa shape index (κ1) is 26.6. The molecule has 3 aromatic rings. The normalized spacial score (nSPS) is 13.4. The van der Waals surface area contributed by atoms with Crippen molar-refractivity contribution in [3.05, 3.63) is 108 Å². The Hall–Kier alpha value is -1.96. The Morgan fingerprint density at radius 3 is 1.38 bits per heavy atom. The number of halogens is 1. The number of hydrogen-bond donors (Lipinski definition) is 0. The van der Waals surface area contributed by atoms with E-state index in [9.17, 15) is 9.13 Å². The zero-order chi connectivity index (χ0) is 24.3. The Morgan fingerprint density at radius 2 is 0.971 bits per heavy atom. The quantitative estimate of drug-likeness (QED) is 0.116. The van der Waals surface area contributed by atoms with Gasteiger partial charge in [-0.2, -0.15) is 0 Å². The summed E-state index contributed by atoms with van der Waals surface area (Å²) in [6.07, 6.45) is 10.4. The summed E-state index contributed by atoms with van der Waals surface area (Å²) < 4.78 is 25.2. The molecule has 0 aliphatic carbocycles. The second-order valence-electron chi connectivity index (χ2n) is 9.11. The molecule has 1 unspecified atom stereocenters. The largest absolute Gasteiger partial charge is 0.338 e. The van der Waals surface area contributed by atoms with E-state index in [1.165, 1.54) is 38.5 Å². The van der Waals surface area contributed by atoms with Gasteiger partial charge in [0.05, 0.1) is 5.41 Å². The van der Waals surface area contributed by atoms with E-state index < -0.39 is 17.2 Å². The highest BCUT2D eigenvalue weighted by molar-refractivity contribution is 9.10. The van der Waals surface area contributed by atoms with Crippen LogP contribution in [0, 0.1) is 0 Å². The van der Waals surface area contributed by atoms with Crippen LogP contribution in [-0.4, -0.2) is 0 Å². The first-order chi connectivity index (χ1) is 16.6. The fourth-order valence-corrected chi connectivity index (χ4v) is 7.10. The summed E-state index contributed by atoms with van der Waals surface area (Å²) in [5, 5.41) is 0. The van der Waals surface area contributed by atoms with Crippen LogP contribution in [0.2, 0.25) is 0 Å². The van der Waals surface area contributed by atoms with Gasteiger partial charge in [-0.15, -0.1) is 0 Å². The van der Waals surface area contributed by atoms with Gasteiger partial charge in [-0.3, -0.25) is 0 Å². The van der Waals surface area contributed by atoms with Crippen LogP contribution in [-0.2, 0) is 18.6 Å². The van der Waals surface area contributed by atoms with Gasteiger partial charge in [-0.05, 0) is 23.1 Å². The van der Waals surface area contributed by atoms with Crippen LogP contribution in [0.5, 0.6) is 0 Å². The third kappa shape index (κ3) is 5.81. The average Bonchev–Trinajstić information content (AvgIpc) is 2.89. The molecule has 2 nitrogen and oxygen atoms in total. The Kier molecular flexibility index (Phi) is 10.4. The molecule has 0 heterocycles. The van der Waals surface area contributed by atoms with Gasteiger partial charge in [-0.25, -0.2) is 9.13 Å². The van der Waals surface area contributed by atoms with Gasteiger partial charge < -0.3 is 0 Å². The topological polar surface area (TPSA) is 34.1 Å². The van der Waals surface area contributed by atoms with Crippen molar-refractivity contribution in [2.75, 3.05) is 0 Å². The highest BCUT2D eigenvalue weighted by Crippen LogP contribution is 2.63. The van der Waals surface area contributed by atoms with E-state index >= 15 is 0 Å². The van der Waals surface area contributed by atoms with Crippen molar-refractivity contribution in [1.29, 1.82) is 0 Å². The molecule has 0 N–H and O–H groups in total. The SMILES string of the molecule is CCCCCCCCCCC(c1ccccc1)(c1ccccc1)C(Br)(c1ccccc1)P(=O)=O. The molecule has 0 aliphatic rings. The number of unbranched alkanes of at least 4 members (excludes halogenated alkanes) is 7. The molecule has 0 saturated carbocycles. The maximum atomic E-state index is 13.2. The van der Waals surface area contributed by atoms with Gasteiger partial charge in [0.1, 0.15) is 0 Å². The van der Waals surface area contributed by atoms with Gasteiger partial charge >= 0.3 is 7.68 Å². The summed E-state index contributed by atoms with van der Waals surface area (Å²) in [6, 6.07) is 30.0. The first-order valence-electron chi connectivity index (χ1n) is 12.6. The minimum Gasteiger partial charge on any atom is -0.235 e. The Labute approximate surface area is 214 Å². The second kappa shape index (κ2) is 13.2. The minimum atomic E-state index is -2.88. The monoisotopic (exact) mass is 538 g/mol. The molecule has 34 heavy (non-hydrogen) atoms. The minimum absolute atomic E-state index is 0.736. The summed E-state index contributed by atoms with van der Waals surface area (Å²) in [5.41, 5.74) is 2.03. The van der Waals surface area contributed by atoms with E-state index in [2.05, 4.69) is 47.1 Å². The predicted molar refractivity (Wildman–Crippen MR) is 146 cm³/mol. The maximum absolute atomic E-state index is 13.2. The van der Waals surface area contributed by atoms with Crippen LogP contribution in [0.1, 0.15) is 81.4 Å². The highest BCUT2D eigenvalue weighted by atomic mass is 79.9. The standard InChI is InChI=1S/C30H36BrO2P/c1-2-3-4-5-6-7-8-18-25-29(26-19-12-9-13-20-26,27-21-14-10-15-22-27)30(31,34(32)33)28-23-16-11-17-24-28/h9-17,19-24H,2-8,18,25H2,1H3. The lowest BCUT2D eigenvalue weighted by molar-refractivity contribution is 0.386. The first-order valence-corrected chi connectivity index (χ1v) is 14.5. The van der Waals surface area contributed by atoms with Gasteiger partial charge in [0.15, 0.2) is 4.07 Å². The summed E-state index contributed by atoms with van der Waals surface area (Å²) >= 11 is 3.87. The molecule has 4 heteroatoms. The van der Waals surface area contributed by atoms with Crippen LogP contribution in [0.3, 0.4) is 0 Å². The molecule has 0 amide bonds. The number of benzene rings is 3. The number of hydrogen-bond acceptors (Lipinski definition) is 2. The third-order valence-electron chi connectivity index (χ3n) is 6.91. The molecule has 0 aliphatic heterocycles. The van der Waals surface area contributed by atoms with Crippen molar-refractivity contribution < 1.29 is 9.13 Å². The lowest BCUT2D eigenvalue weighted by Gasteiger charge is -2.45. The van der Waals surface area contributed by atoms with Gasteiger partial charge in [0.25, 0.3) is 0 Å².